The Morgan fingerprint density at radius 1 is 0.418 bits per heavy atom. The topological polar surface area (TPSA) is 33.5 Å². The number of benzene rings is 7. The van der Waals surface area contributed by atoms with Gasteiger partial charge in [-0.3, -0.25) is 4.57 Å². The molecule has 7 aromatic carbocycles. The second kappa shape index (κ2) is 16.3. The van der Waals surface area contributed by atoms with Gasteiger partial charge in [0.05, 0.1) is 22.4 Å². The van der Waals surface area contributed by atoms with Gasteiger partial charge < -0.3 is 14.5 Å². The van der Waals surface area contributed by atoms with Gasteiger partial charge in [-0.05, 0) is 111 Å². The van der Waals surface area contributed by atoms with Gasteiger partial charge in [-0.15, -0.1) is 0 Å². The summed E-state index contributed by atoms with van der Waals surface area (Å²) in [5.41, 5.74) is 14.2. The minimum absolute atomic E-state index is 0.0432. The van der Waals surface area contributed by atoms with Crippen molar-refractivity contribution in [3.05, 3.63) is 216 Å². The summed E-state index contributed by atoms with van der Waals surface area (Å²) < 4.78 is 9.14. The molecule has 0 amide bonds. The molecule has 5 nitrogen and oxygen atoms in total. The summed E-state index contributed by atoms with van der Waals surface area (Å²) in [6, 6.07) is 63.6. The van der Waals surface area contributed by atoms with Crippen molar-refractivity contribution in [1.29, 1.82) is 0 Å². The lowest BCUT2D eigenvalue weighted by Crippen LogP contribution is -2.24. The third-order valence-electron chi connectivity index (χ3n) is 14.2. The van der Waals surface area contributed by atoms with Crippen LogP contribution in [0.25, 0.3) is 27.6 Å². The average molecular weight is 879 g/mol. The molecule has 0 fully saturated rings. The van der Waals surface area contributed by atoms with Gasteiger partial charge in [-0.2, -0.15) is 0 Å². The highest BCUT2D eigenvalue weighted by atomic mass is 16.5. The van der Waals surface area contributed by atoms with Gasteiger partial charge in [0.25, 0.3) is 0 Å². The molecule has 0 saturated heterocycles. The van der Waals surface area contributed by atoms with Crippen molar-refractivity contribution in [2.75, 3.05) is 16.5 Å². The molecular formula is C62H62N4O. The highest BCUT2D eigenvalue weighted by Crippen LogP contribution is 2.50. The molecular weight excluding hydrogens is 817 g/mol. The quantitative estimate of drug-likeness (QED) is 0.145. The number of hydrogen-bond donors (Lipinski definition) is 0. The van der Waals surface area contributed by atoms with E-state index in [-0.39, 0.29) is 21.7 Å². The minimum Gasteiger partial charge on any atom is -0.457 e. The number of pyridine rings is 1. The maximum absolute atomic E-state index is 6.86. The maximum atomic E-state index is 6.86. The molecule has 10 rings (SSSR count). The molecule has 9 aromatic rings. The number of hydrogen-bond acceptors (Lipinski definition) is 4. The number of fused-ring (bicyclic) bond motifs is 4. The molecule has 0 radical (unpaired) electrons. The molecule has 3 heterocycles. The Balaban J connectivity index is 1.02. The van der Waals surface area contributed by atoms with Crippen LogP contribution < -0.4 is 14.5 Å². The van der Waals surface area contributed by atoms with Crippen molar-refractivity contribution in [2.24, 2.45) is 0 Å². The van der Waals surface area contributed by atoms with Crippen LogP contribution in [0.1, 0.15) is 103 Å². The second-order valence-electron chi connectivity index (χ2n) is 21.4. The zero-order valence-corrected chi connectivity index (χ0v) is 40.7. The largest absolute Gasteiger partial charge is 0.457 e. The fourth-order valence-corrected chi connectivity index (χ4v) is 10.1. The van der Waals surface area contributed by atoms with E-state index in [0.29, 0.717) is 6.67 Å². The fourth-order valence-electron chi connectivity index (χ4n) is 10.1. The van der Waals surface area contributed by atoms with E-state index in [2.05, 4.69) is 260 Å². The number of ether oxygens (including phenoxy) is 1. The van der Waals surface area contributed by atoms with Gasteiger partial charge in [0.1, 0.15) is 24.0 Å². The Morgan fingerprint density at radius 2 is 0.955 bits per heavy atom. The van der Waals surface area contributed by atoms with E-state index in [9.17, 15) is 0 Å². The van der Waals surface area contributed by atoms with E-state index in [0.717, 1.165) is 39.4 Å². The first-order valence-corrected chi connectivity index (χ1v) is 23.7. The molecule has 0 saturated carbocycles. The monoisotopic (exact) mass is 878 g/mol. The number of para-hydroxylation sites is 1. The van der Waals surface area contributed by atoms with Gasteiger partial charge in [-0.25, -0.2) is 4.98 Å². The molecule has 2 aromatic heterocycles. The zero-order chi connectivity index (χ0) is 46.9. The molecule has 0 spiro atoms. The van der Waals surface area contributed by atoms with Crippen molar-refractivity contribution in [1.82, 2.24) is 9.55 Å². The van der Waals surface area contributed by atoms with Gasteiger partial charge >= 0.3 is 0 Å². The van der Waals surface area contributed by atoms with Crippen LogP contribution >= 0.6 is 0 Å². The minimum atomic E-state index is -0.211. The third-order valence-corrected chi connectivity index (χ3v) is 14.2. The summed E-state index contributed by atoms with van der Waals surface area (Å²) in [6.07, 6.45) is 1.94. The van der Waals surface area contributed by atoms with Crippen LogP contribution in [0.2, 0.25) is 0 Å². The van der Waals surface area contributed by atoms with E-state index < -0.39 is 0 Å². The normalized spacial score (nSPS) is 13.4. The summed E-state index contributed by atoms with van der Waals surface area (Å²) in [4.78, 5) is 9.90. The zero-order valence-electron chi connectivity index (χ0n) is 40.7. The molecule has 0 bridgehead atoms. The average Bonchev–Trinajstić information content (AvgIpc) is 3.87. The molecule has 1 aliphatic rings. The van der Waals surface area contributed by atoms with Crippen molar-refractivity contribution >= 4 is 44.6 Å². The van der Waals surface area contributed by atoms with Crippen LogP contribution in [0.3, 0.4) is 0 Å². The number of aromatic nitrogens is 2. The fraction of sp³-hybridized carbons (Fsp3) is 0.242. The number of rotatable bonds is 9. The summed E-state index contributed by atoms with van der Waals surface area (Å²) in [5, 5.41) is 2.33. The Kier molecular flexibility index (Phi) is 10.7. The first-order valence-electron chi connectivity index (χ1n) is 23.7. The molecule has 5 heteroatoms. The van der Waals surface area contributed by atoms with Gasteiger partial charge in [0, 0.05) is 51.3 Å². The van der Waals surface area contributed by atoms with E-state index in [1.165, 1.54) is 55.8 Å². The Bertz CT molecular complexity index is 3260. The summed E-state index contributed by atoms with van der Waals surface area (Å²) in [6.45, 7) is 23.8. The van der Waals surface area contributed by atoms with Crippen molar-refractivity contribution in [3.8, 4) is 17.3 Å². The third kappa shape index (κ3) is 7.94. The summed E-state index contributed by atoms with van der Waals surface area (Å²) >= 11 is 0. The molecule has 0 N–H and O–H groups in total. The molecule has 336 valence electrons. The van der Waals surface area contributed by atoms with E-state index in [1.807, 2.05) is 6.20 Å². The number of anilines is 4. The van der Waals surface area contributed by atoms with Gasteiger partial charge in [0.15, 0.2) is 0 Å². The Morgan fingerprint density at radius 3 is 1.58 bits per heavy atom. The predicted octanol–water partition coefficient (Wildman–Crippen LogP) is 16.5. The highest BCUT2D eigenvalue weighted by molar-refractivity contribution is 6.09. The Hall–Kier alpha value is -7.11. The first-order chi connectivity index (χ1) is 32.0. The van der Waals surface area contributed by atoms with Crippen molar-refractivity contribution in [2.45, 2.75) is 90.9 Å². The summed E-state index contributed by atoms with van der Waals surface area (Å²) in [5.74, 6) is 2.42. The van der Waals surface area contributed by atoms with Crippen molar-refractivity contribution in [3.63, 3.8) is 0 Å². The smallest absolute Gasteiger partial charge is 0.137 e. The molecule has 0 aliphatic carbocycles. The van der Waals surface area contributed by atoms with Crippen LogP contribution in [0, 0.1) is 0 Å². The van der Waals surface area contributed by atoms with Crippen LogP contribution in [-0.4, -0.2) is 16.2 Å². The van der Waals surface area contributed by atoms with Crippen LogP contribution in [0.15, 0.2) is 182 Å². The van der Waals surface area contributed by atoms with Gasteiger partial charge in [0.2, 0.25) is 0 Å². The SMILES string of the molecule is CC(C)(C)c1cc2c(cc1C(C)(C)C)N(c1cccc(Oc3ccc4c5ccccc5n(-c5cc(C(C)(C)c6ccccc6)ccn5)c4c3)c1)CN2c1ccc(C(C)(C)c2ccccc2)cc1. The lowest BCUT2D eigenvalue weighted by molar-refractivity contribution is 0.483. The van der Waals surface area contributed by atoms with E-state index in [1.54, 1.807) is 0 Å². The predicted molar refractivity (Wildman–Crippen MR) is 282 cm³/mol. The molecule has 1 aliphatic heterocycles. The maximum Gasteiger partial charge on any atom is 0.137 e. The van der Waals surface area contributed by atoms with E-state index in [4.69, 9.17) is 9.72 Å². The van der Waals surface area contributed by atoms with E-state index >= 15 is 0 Å². The van der Waals surface area contributed by atoms with Crippen LogP contribution in [0.4, 0.5) is 22.7 Å². The van der Waals surface area contributed by atoms with Gasteiger partial charge in [-0.1, -0.05) is 166 Å². The lowest BCUT2D eigenvalue weighted by atomic mass is 9.74. The summed E-state index contributed by atoms with van der Waals surface area (Å²) in [7, 11) is 0. The van der Waals surface area contributed by atoms with Crippen LogP contribution in [0.5, 0.6) is 11.5 Å². The molecule has 0 unspecified atom stereocenters. The van der Waals surface area contributed by atoms with Crippen LogP contribution in [-0.2, 0) is 21.7 Å². The standard InChI is InChI=1S/C62H62N4O/c1-59(2,3)52-39-56-57(40-53(52)60(4,5)6)65(41-64(56)46-30-28-44(29-31-46)61(7,8)42-20-13-11-14-21-42)47-24-19-25-48(37-47)67-49-32-33-51-50-26-17-18-27-54(50)66(55(51)38-49)58-36-45(34-35-63-58)62(9,10)43-22-15-12-16-23-43/h11-40H,41H2,1-10H3. The Labute approximate surface area is 397 Å². The molecule has 67 heavy (non-hydrogen) atoms. The second-order valence-corrected chi connectivity index (χ2v) is 21.4. The number of nitrogens with zero attached hydrogens (tertiary/aromatic N) is 4. The first kappa shape index (κ1) is 43.8. The highest BCUT2D eigenvalue weighted by Gasteiger charge is 2.35. The molecule has 0 atom stereocenters. The lowest BCUT2D eigenvalue weighted by Gasteiger charge is -2.32. The van der Waals surface area contributed by atoms with Crippen molar-refractivity contribution < 1.29 is 4.74 Å².